The molecule has 0 bridgehead atoms. The molecule has 1 unspecified atom stereocenters. The first-order valence-corrected chi connectivity index (χ1v) is 6.60. The molecule has 0 aromatic carbocycles. The minimum absolute atomic E-state index is 0.0146. The first-order chi connectivity index (χ1) is 8.34. The van der Waals surface area contributed by atoms with E-state index >= 15 is 0 Å². The van der Waals surface area contributed by atoms with Crippen molar-refractivity contribution in [3.05, 3.63) is 0 Å². The lowest BCUT2D eigenvalue weighted by Crippen LogP contribution is -2.50. The largest absolute Gasteiger partial charge is 0.349 e. The van der Waals surface area contributed by atoms with E-state index in [0.29, 0.717) is 13.1 Å². The van der Waals surface area contributed by atoms with Gasteiger partial charge >= 0.3 is 0 Å². The predicted octanol–water partition coefficient (Wildman–Crippen LogP) is 0.297. The third-order valence-corrected chi connectivity index (χ3v) is 3.60. The minimum Gasteiger partial charge on any atom is -0.349 e. The van der Waals surface area contributed by atoms with Crippen LogP contribution in [-0.2, 0) is 9.59 Å². The predicted molar refractivity (Wildman–Crippen MR) is 70.8 cm³/mol. The molecular weight excluding hydrogens is 230 g/mol. The number of piperidine rings is 1. The van der Waals surface area contributed by atoms with E-state index in [2.05, 4.69) is 0 Å². The molecule has 0 radical (unpaired) electrons. The maximum absolute atomic E-state index is 12.1. The molecule has 0 aromatic heterocycles. The lowest BCUT2D eigenvalue weighted by Gasteiger charge is -2.34. The summed E-state index contributed by atoms with van der Waals surface area (Å²) < 4.78 is 0. The van der Waals surface area contributed by atoms with Crippen LogP contribution in [0.25, 0.3) is 0 Å². The van der Waals surface area contributed by atoms with Gasteiger partial charge in [-0.1, -0.05) is 13.8 Å². The van der Waals surface area contributed by atoms with Crippen LogP contribution in [-0.4, -0.2) is 54.8 Å². The number of hydrogen-bond donors (Lipinski definition) is 1. The van der Waals surface area contributed by atoms with Gasteiger partial charge in [0.15, 0.2) is 0 Å². The molecule has 2 N–H and O–H groups in total. The number of amides is 2. The van der Waals surface area contributed by atoms with Crippen LogP contribution in [0.15, 0.2) is 0 Å². The normalized spacial score (nSPS) is 18.9. The van der Waals surface area contributed by atoms with Gasteiger partial charge in [-0.3, -0.25) is 9.59 Å². The second-order valence-electron chi connectivity index (χ2n) is 5.60. The van der Waals surface area contributed by atoms with Gasteiger partial charge in [-0.05, 0) is 18.8 Å². The third-order valence-electron chi connectivity index (χ3n) is 3.60. The minimum atomic E-state index is -0.425. The lowest BCUT2D eigenvalue weighted by molar-refractivity contribution is -0.140. The zero-order chi connectivity index (χ0) is 13.9. The molecule has 5 nitrogen and oxygen atoms in total. The highest BCUT2D eigenvalue weighted by molar-refractivity contribution is 5.83. The monoisotopic (exact) mass is 255 g/mol. The van der Waals surface area contributed by atoms with Gasteiger partial charge in [0.2, 0.25) is 11.8 Å². The average Bonchev–Trinajstić information content (AvgIpc) is 2.36. The molecule has 0 spiro atoms. The van der Waals surface area contributed by atoms with Crippen LogP contribution < -0.4 is 5.73 Å². The molecule has 104 valence electrons. The molecular formula is C13H25N3O2. The van der Waals surface area contributed by atoms with Crippen LogP contribution in [0.4, 0.5) is 0 Å². The number of hydrogen-bond acceptors (Lipinski definition) is 3. The fourth-order valence-corrected chi connectivity index (χ4v) is 2.21. The molecule has 1 atom stereocenters. The van der Waals surface area contributed by atoms with Crippen LogP contribution >= 0.6 is 0 Å². The van der Waals surface area contributed by atoms with Gasteiger partial charge in [0.05, 0.1) is 6.04 Å². The van der Waals surface area contributed by atoms with Crippen molar-refractivity contribution in [2.45, 2.75) is 32.7 Å². The SMILES string of the molecule is CC(C)C(N)C(=O)N1CCC(C(=O)N(C)C)CC1. The second kappa shape index (κ2) is 6.18. The molecule has 18 heavy (non-hydrogen) atoms. The molecule has 0 aliphatic carbocycles. The van der Waals surface area contributed by atoms with E-state index < -0.39 is 6.04 Å². The zero-order valence-corrected chi connectivity index (χ0v) is 11.8. The number of nitrogens with two attached hydrogens (primary N) is 1. The summed E-state index contributed by atoms with van der Waals surface area (Å²) in [6, 6.07) is -0.425. The standard InChI is InChI=1S/C13H25N3O2/c1-9(2)11(14)13(18)16-7-5-10(6-8-16)12(17)15(3)4/h9-11H,5-8,14H2,1-4H3. The smallest absolute Gasteiger partial charge is 0.239 e. The van der Waals surface area contributed by atoms with Crippen molar-refractivity contribution >= 4 is 11.8 Å². The second-order valence-corrected chi connectivity index (χ2v) is 5.60. The van der Waals surface area contributed by atoms with Gasteiger partial charge in [0, 0.05) is 33.1 Å². The van der Waals surface area contributed by atoms with Crippen molar-refractivity contribution in [3.8, 4) is 0 Å². The van der Waals surface area contributed by atoms with Crippen molar-refractivity contribution in [1.29, 1.82) is 0 Å². The van der Waals surface area contributed by atoms with Gasteiger partial charge in [-0.2, -0.15) is 0 Å². The van der Waals surface area contributed by atoms with Crippen LogP contribution in [0.2, 0.25) is 0 Å². The first-order valence-electron chi connectivity index (χ1n) is 6.60. The molecule has 1 heterocycles. The molecule has 0 saturated carbocycles. The highest BCUT2D eigenvalue weighted by Crippen LogP contribution is 2.20. The number of carbonyl (C=O) groups excluding carboxylic acids is 2. The Hall–Kier alpha value is -1.10. The molecule has 2 amide bonds. The Balaban J connectivity index is 2.49. The fraction of sp³-hybridized carbons (Fsp3) is 0.846. The lowest BCUT2D eigenvalue weighted by atomic mass is 9.94. The number of nitrogens with zero attached hydrogens (tertiary/aromatic N) is 2. The first kappa shape index (κ1) is 15.0. The van der Waals surface area contributed by atoms with Gasteiger partial charge < -0.3 is 15.5 Å². The Kier molecular flexibility index (Phi) is 5.14. The molecule has 5 heteroatoms. The van der Waals surface area contributed by atoms with Crippen LogP contribution in [0.1, 0.15) is 26.7 Å². The Morgan fingerprint density at radius 3 is 2.11 bits per heavy atom. The van der Waals surface area contributed by atoms with Crippen molar-refractivity contribution in [2.75, 3.05) is 27.2 Å². The molecule has 1 aliphatic heterocycles. The summed E-state index contributed by atoms with van der Waals surface area (Å²) in [5, 5.41) is 0. The van der Waals surface area contributed by atoms with E-state index in [1.807, 2.05) is 13.8 Å². The summed E-state index contributed by atoms with van der Waals surface area (Å²) >= 11 is 0. The number of carbonyl (C=O) groups is 2. The quantitative estimate of drug-likeness (QED) is 0.788. The summed E-state index contributed by atoms with van der Waals surface area (Å²) in [6.07, 6.45) is 1.49. The van der Waals surface area contributed by atoms with E-state index in [-0.39, 0.29) is 23.7 Å². The van der Waals surface area contributed by atoms with Gasteiger partial charge in [0.25, 0.3) is 0 Å². The summed E-state index contributed by atoms with van der Waals surface area (Å²) in [7, 11) is 3.54. The Morgan fingerprint density at radius 2 is 1.72 bits per heavy atom. The van der Waals surface area contributed by atoms with Crippen molar-refractivity contribution in [1.82, 2.24) is 9.80 Å². The van der Waals surface area contributed by atoms with Crippen molar-refractivity contribution < 1.29 is 9.59 Å². The van der Waals surface area contributed by atoms with Crippen molar-refractivity contribution in [2.24, 2.45) is 17.6 Å². The topological polar surface area (TPSA) is 66.6 Å². The molecule has 1 rings (SSSR count). The van der Waals surface area contributed by atoms with Gasteiger partial charge in [-0.25, -0.2) is 0 Å². The molecule has 1 saturated heterocycles. The highest BCUT2D eigenvalue weighted by atomic mass is 16.2. The zero-order valence-electron chi connectivity index (χ0n) is 11.8. The highest BCUT2D eigenvalue weighted by Gasteiger charge is 2.30. The maximum atomic E-state index is 12.1. The summed E-state index contributed by atoms with van der Waals surface area (Å²) in [4.78, 5) is 27.3. The van der Waals surface area contributed by atoms with E-state index in [9.17, 15) is 9.59 Å². The maximum Gasteiger partial charge on any atom is 0.239 e. The number of rotatable bonds is 3. The molecule has 0 aromatic rings. The van der Waals surface area contributed by atoms with E-state index in [1.165, 1.54) is 0 Å². The summed E-state index contributed by atoms with van der Waals surface area (Å²) in [6.45, 7) is 5.18. The Morgan fingerprint density at radius 1 is 1.22 bits per heavy atom. The number of likely N-dealkylation sites (tertiary alicyclic amines) is 1. The van der Waals surface area contributed by atoms with E-state index in [1.54, 1.807) is 23.9 Å². The van der Waals surface area contributed by atoms with E-state index in [4.69, 9.17) is 5.73 Å². The Bertz CT molecular complexity index is 307. The molecule has 1 aliphatic rings. The van der Waals surface area contributed by atoms with Crippen molar-refractivity contribution in [3.63, 3.8) is 0 Å². The third kappa shape index (κ3) is 3.45. The van der Waals surface area contributed by atoms with Gasteiger partial charge in [0.1, 0.15) is 0 Å². The summed E-state index contributed by atoms with van der Waals surface area (Å²) in [5.74, 6) is 0.383. The summed E-state index contributed by atoms with van der Waals surface area (Å²) in [5.41, 5.74) is 5.87. The Labute approximate surface area is 109 Å². The average molecular weight is 255 g/mol. The molecule has 1 fully saturated rings. The van der Waals surface area contributed by atoms with Crippen LogP contribution in [0, 0.1) is 11.8 Å². The van der Waals surface area contributed by atoms with Crippen LogP contribution in [0.3, 0.4) is 0 Å². The van der Waals surface area contributed by atoms with Gasteiger partial charge in [-0.15, -0.1) is 0 Å². The fourth-order valence-electron chi connectivity index (χ4n) is 2.21. The van der Waals surface area contributed by atoms with Crippen LogP contribution in [0.5, 0.6) is 0 Å². The van der Waals surface area contributed by atoms with E-state index in [0.717, 1.165) is 12.8 Å².